The van der Waals surface area contributed by atoms with Gasteiger partial charge in [-0.1, -0.05) is 12.1 Å². The van der Waals surface area contributed by atoms with Crippen molar-refractivity contribution in [3.63, 3.8) is 0 Å². The molecule has 9 nitrogen and oxygen atoms in total. The Balaban J connectivity index is 0.000000713. The van der Waals surface area contributed by atoms with Gasteiger partial charge in [0, 0.05) is 6.44 Å². The molecule has 0 aromatic heterocycles. The predicted octanol–water partition coefficient (Wildman–Crippen LogP) is -0.567. The summed E-state index contributed by atoms with van der Waals surface area (Å²) in [5, 5.41) is 35.4. The fourth-order valence-electron chi connectivity index (χ4n) is 1.33. The van der Waals surface area contributed by atoms with Crippen molar-refractivity contribution in [2.75, 3.05) is 13.6 Å². The molecule has 0 bridgehead atoms. The van der Waals surface area contributed by atoms with Crippen LogP contribution in [-0.2, 0) is 20.5 Å². The maximum absolute atomic E-state index is 11.6. The second-order valence-electron chi connectivity index (χ2n) is 6.89. The van der Waals surface area contributed by atoms with Gasteiger partial charge in [0.25, 0.3) is 0 Å². The number of hydrogen-bond donors (Lipinski definition) is 5. The number of carbonyl (C=O) groups is 1. The zero-order chi connectivity index (χ0) is 21.5. The van der Waals surface area contributed by atoms with Crippen LogP contribution >= 0.6 is 0 Å². The lowest BCUT2D eigenvalue weighted by Gasteiger charge is -2.31. The van der Waals surface area contributed by atoms with Gasteiger partial charge in [-0.05, 0) is 45.4 Å². The molecule has 27 heavy (non-hydrogen) atoms. The highest BCUT2D eigenvalue weighted by Gasteiger charge is 2.31. The molecule has 0 fully saturated rings. The zero-order valence-electron chi connectivity index (χ0n) is 16.1. The Morgan fingerprint density at radius 2 is 1.52 bits per heavy atom. The van der Waals surface area contributed by atoms with Crippen molar-refractivity contribution < 1.29 is 38.2 Å². The fourth-order valence-corrected chi connectivity index (χ4v) is 2.46. The van der Waals surface area contributed by atoms with Crippen LogP contribution in [0, 0.1) is 0 Å². The molecular weight excluding hydrogens is 377 g/mol. The van der Waals surface area contributed by atoms with E-state index in [2.05, 4.69) is 4.74 Å². The lowest BCUT2D eigenvalue weighted by atomic mass is 9.90. The molecule has 0 heterocycles. The average Bonchev–Trinajstić information content (AvgIpc) is 2.51. The van der Waals surface area contributed by atoms with E-state index in [0.29, 0.717) is 11.1 Å². The van der Waals surface area contributed by atoms with Crippen LogP contribution in [0.25, 0.3) is 0 Å². The quantitative estimate of drug-likeness (QED) is 0.299. The largest absolute Gasteiger partial charge is 0.467 e. The Morgan fingerprint density at radius 1 is 1.07 bits per heavy atom. The number of sulfonamides is 1. The summed E-state index contributed by atoms with van der Waals surface area (Å²) >= 11 is 0. The molecule has 0 spiro atoms. The number of carbonyl (C=O) groups excluding carboxylic acids is 1. The predicted molar refractivity (Wildman–Crippen MR) is 101 cm³/mol. The summed E-state index contributed by atoms with van der Waals surface area (Å²) < 4.78 is 29.7. The summed E-state index contributed by atoms with van der Waals surface area (Å²) in [4.78, 5) is 11.2. The monoisotopic (exact) mass is 405 g/mol. The molecule has 0 radical (unpaired) electrons. The molecule has 1 rings (SSSR count). The third kappa shape index (κ3) is 10.4. The SMILES string of the molecule is CC(C)(O)C(C)(C)O.COC(=O)c1ccc(CS(=O)(=O)NCB(O)O)cc1. The molecule has 11 heteroatoms. The van der Waals surface area contributed by atoms with Crippen molar-refractivity contribution in [1.29, 1.82) is 0 Å². The van der Waals surface area contributed by atoms with Crippen molar-refractivity contribution in [3.8, 4) is 0 Å². The molecule has 0 saturated carbocycles. The first-order valence-corrected chi connectivity index (χ1v) is 9.70. The number of hydrogen-bond acceptors (Lipinski definition) is 8. The van der Waals surface area contributed by atoms with Gasteiger partial charge < -0.3 is 25.0 Å². The lowest BCUT2D eigenvalue weighted by Crippen LogP contribution is -2.44. The summed E-state index contributed by atoms with van der Waals surface area (Å²) in [5.41, 5.74) is -1.23. The van der Waals surface area contributed by atoms with Crippen LogP contribution in [0.5, 0.6) is 0 Å². The zero-order valence-corrected chi connectivity index (χ0v) is 16.9. The van der Waals surface area contributed by atoms with Crippen LogP contribution in [0.1, 0.15) is 43.6 Å². The second-order valence-corrected chi connectivity index (χ2v) is 8.70. The number of esters is 1. The van der Waals surface area contributed by atoms with Crippen LogP contribution in [0.15, 0.2) is 24.3 Å². The van der Waals surface area contributed by atoms with Crippen molar-refractivity contribution in [3.05, 3.63) is 35.4 Å². The van der Waals surface area contributed by atoms with Crippen LogP contribution in [-0.4, -0.2) is 66.5 Å². The van der Waals surface area contributed by atoms with E-state index in [1.165, 1.54) is 31.4 Å². The van der Waals surface area contributed by atoms with Crippen molar-refractivity contribution in [2.24, 2.45) is 0 Å². The third-order valence-electron chi connectivity index (χ3n) is 3.71. The van der Waals surface area contributed by atoms with Gasteiger partial charge in [0.2, 0.25) is 10.0 Å². The molecule has 154 valence electrons. The Hall–Kier alpha value is -1.50. The first-order valence-electron chi connectivity index (χ1n) is 8.04. The van der Waals surface area contributed by atoms with Crippen LogP contribution in [0.3, 0.4) is 0 Å². The summed E-state index contributed by atoms with van der Waals surface area (Å²) in [7, 11) is -4.14. The van der Waals surface area contributed by atoms with Gasteiger partial charge in [-0.2, -0.15) is 0 Å². The minimum Gasteiger partial charge on any atom is -0.465 e. The van der Waals surface area contributed by atoms with Gasteiger partial charge >= 0.3 is 13.1 Å². The number of nitrogens with one attached hydrogen (secondary N) is 1. The normalized spacial score (nSPS) is 12.0. The van der Waals surface area contributed by atoms with Crippen molar-refractivity contribution in [2.45, 2.75) is 44.6 Å². The highest BCUT2D eigenvalue weighted by Crippen LogP contribution is 2.19. The molecule has 0 saturated heterocycles. The molecule has 0 aliphatic heterocycles. The maximum Gasteiger partial charge on any atom is 0.467 e. The van der Waals surface area contributed by atoms with Gasteiger partial charge in [-0.25, -0.2) is 17.9 Å². The molecule has 0 unspecified atom stereocenters. The maximum atomic E-state index is 11.6. The minimum absolute atomic E-state index is 0.318. The van der Waals surface area contributed by atoms with Crippen LogP contribution < -0.4 is 4.72 Å². The standard InChI is InChI=1S/C10H14BNO6S.C6H14O2/c1-18-10(13)9-4-2-8(3-5-9)6-19(16,17)12-7-11(14)15;1-5(2,7)6(3,4)8/h2-5,12,14-15H,6-7H2,1H3;7-8H,1-4H3. The third-order valence-corrected chi connectivity index (χ3v) is 5.03. The lowest BCUT2D eigenvalue weighted by molar-refractivity contribution is -0.107. The molecule has 0 aliphatic carbocycles. The van der Waals surface area contributed by atoms with Gasteiger partial charge in [0.15, 0.2) is 0 Å². The van der Waals surface area contributed by atoms with Gasteiger partial charge in [-0.15, -0.1) is 0 Å². The van der Waals surface area contributed by atoms with Crippen molar-refractivity contribution in [1.82, 2.24) is 4.72 Å². The van der Waals surface area contributed by atoms with E-state index in [4.69, 9.17) is 20.3 Å². The van der Waals surface area contributed by atoms with E-state index in [1.54, 1.807) is 27.7 Å². The highest BCUT2D eigenvalue weighted by atomic mass is 32.2. The van der Waals surface area contributed by atoms with Crippen molar-refractivity contribution >= 4 is 23.1 Å². The summed E-state index contributed by atoms with van der Waals surface area (Å²) in [6, 6.07) is 5.89. The van der Waals surface area contributed by atoms with E-state index in [0.717, 1.165) is 0 Å². The molecule has 1 aromatic rings. The number of methoxy groups -OCH3 is 1. The summed E-state index contributed by atoms with van der Waals surface area (Å²) in [6.07, 6.45) is -0.470. The molecule has 0 amide bonds. The average molecular weight is 405 g/mol. The Labute approximate surface area is 160 Å². The topological polar surface area (TPSA) is 153 Å². The first-order chi connectivity index (χ1) is 12.1. The molecule has 1 aromatic carbocycles. The minimum atomic E-state index is -3.65. The van der Waals surface area contributed by atoms with E-state index in [9.17, 15) is 13.2 Å². The van der Waals surface area contributed by atoms with E-state index < -0.39 is 40.8 Å². The summed E-state index contributed by atoms with van der Waals surface area (Å²) in [5.74, 6) is -0.822. The van der Waals surface area contributed by atoms with Crippen LogP contribution in [0.2, 0.25) is 0 Å². The van der Waals surface area contributed by atoms with E-state index in [-0.39, 0.29) is 5.75 Å². The molecular formula is C16H28BNO8S. The Morgan fingerprint density at radius 3 is 1.85 bits per heavy atom. The number of rotatable bonds is 7. The first kappa shape index (κ1) is 25.5. The second kappa shape index (κ2) is 10.2. The van der Waals surface area contributed by atoms with Gasteiger partial charge in [-0.3, -0.25) is 0 Å². The van der Waals surface area contributed by atoms with Crippen LogP contribution in [0.4, 0.5) is 0 Å². The molecule has 0 atom stereocenters. The van der Waals surface area contributed by atoms with E-state index >= 15 is 0 Å². The van der Waals surface area contributed by atoms with E-state index in [1.807, 2.05) is 4.72 Å². The number of benzene rings is 1. The molecule has 5 N–H and O–H groups in total. The number of aliphatic hydroxyl groups is 2. The molecule has 0 aliphatic rings. The smallest absolute Gasteiger partial charge is 0.465 e. The summed E-state index contributed by atoms with van der Waals surface area (Å²) in [6.45, 7) is 6.31. The Kier molecular flexibility index (Phi) is 9.60. The highest BCUT2D eigenvalue weighted by molar-refractivity contribution is 7.88. The number of ether oxygens (including phenoxy) is 1. The van der Waals surface area contributed by atoms with Gasteiger partial charge in [0.1, 0.15) is 0 Å². The Bertz CT molecular complexity index is 679. The fraction of sp³-hybridized carbons (Fsp3) is 0.562. The van der Waals surface area contributed by atoms with Gasteiger partial charge in [0.05, 0.1) is 29.6 Å².